The highest BCUT2D eigenvalue weighted by atomic mass is 35.5. The van der Waals surface area contributed by atoms with Crippen LogP contribution in [0.2, 0.25) is 5.02 Å². The minimum Gasteiger partial charge on any atom is -0.461 e. The van der Waals surface area contributed by atoms with Crippen molar-refractivity contribution in [1.82, 2.24) is 4.98 Å². The van der Waals surface area contributed by atoms with Gasteiger partial charge in [0, 0.05) is 0 Å². The number of rotatable bonds is 3. The van der Waals surface area contributed by atoms with Gasteiger partial charge in [0.15, 0.2) is 5.69 Å². The highest BCUT2D eigenvalue weighted by molar-refractivity contribution is 6.32. The molecule has 0 aromatic carbocycles. The summed E-state index contributed by atoms with van der Waals surface area (Å²) in [4.78, 5) is 14.8. The van der Waals surface area contributed by atoms with Crippen molar-refractivity contribution in [2.24, 2.45) is 0 Å². The van der Waals surface area contributed by atoms with Crippen LogP contribution in [0, 0.1) is 11.3 Å². The summed E-state index contributed by atoms with van der Waals surface area (Å²) < 4.78 is 29.5. The molecule has 17 heavy (non-hydrogen) atoms. The van der Waals surface area contributed by atoms with Crippen LogP contribution in [0.4, 0.5) is 8.78 Å². The fraction of sp³-hybridized carbons (Fsp3) is 0.300. The largest absolute Gasteiger partial charge is 0.461 e. The second-order valence-electron chi connectivity index (χ2n) is 2.89. The second-order valence-corrected chi connectivity index (χ2v) is 3.29. The third-order valence-electron chi connectivity index (χ3n) is 1.80. The van der Waals surface area contributed by atoms with Crippen LogP contribution in [-0.4, -0.2) is 17.6 Å². The predicted molar refractivity (Wildman–Crippen MR) is 54.9 cm³/mol. The summed E-state index contributed by atoms with van der Waals surface area (Å²) >= 11 is 5.62. The molecule has 0 aliphatic heterocycles. The number of nitriles is 1. The summed E-state index contributed by atoms with van der Waals surface area (Å²) in [5, 5.41) is 8.53. The summed E-state index contributed by atoms with van der Waals surface area (Å²) in [5.41, 5.74) is -1.43. The number of esters is 1. The average molecular weight is 261 g/mol. The zero-order valence-electron chi connectivity index (χ0n) is 8.71. The standard InChI is InChI=1S/C10H7ClF2N2O2/c1-2-17-10(16)8-5(4-14)6(11)3-7(15-8)9(12)13/h3,9H,2H2,1H3. The summed E-state index contributed by atoms with van der Waals surface area (Å²) in [5.74, 6) is -0.951. The van der Waals surface area contributed by atoms with E-state index in [4.69, 9.17) is 16.9 Å². The van der Waals surface area contributed by atoms with Crippen LogP contribution in [-0.2, 0) is 4.74 Å². The van der Waals surface area contributed by atoms with Crippen LogP contribution in [0.25, 0.3) is 0 Å². The summed E-state index contributed by atoms with van der Waals surface area (Å²) in [7, 11) is 0. The lowest BCUT2D eigenvalue weighted by Gasteiger charge is -2.07. The molecule has 0 amide bonds. The van der Waals surface area contributed by atoms with Crippen LogP contribution in [0.15, 0.2) is 6.07 Å². The quantitative estimate of drug-likeness (QED) is 0.784. The van der Waals surface area contributed by atoms with E-state index in [1.807, 2.05) is 0 Å². The van der Waals surface area contributed by atoms with Crippen LogP contribution in [0.3, 0.4) is 0 Å². The van der Waals surface area contributed by atoms with Crippen LogP contribution in [0.5, 0.6) is 0 Å². The van der Waals surface area contributed by atoms with E-state index in [1.54, 1.807) is 13.0 Å². The van der Waals surface area contributed by atoms with Crippen molar-refractivity contribution in [3.05, 3.63) is 28.0 Å². The maximum atomic E-state index is 12.5. The minimum absolute atomic E-state index is 0.0436. The number of pyridine rings is 1. The van der Waals surface area contributed by atoms with E-state index in [9.17, 15) is 13.6 Å². The lowest BCUT2D eigenvalue weighted by Crippen LogP contribution is -2.11. The zero-order valence-corrected chi connectivity index (χ0v) is 9.46. The van der Waals surface area contributed by atoms with E-state index in [2.05, 4.69) is 9.72 Å². The Kier molecular flexibility index (Phi) is 4.35. The molecule has 0 saturated carbocycles. The van der Waals surface area contributed by atoms with Gasteiger partial charge in [0.25, 0.3) is 6.43 Å². The average Bonchev–Trinajstić information content (AvgIpc) is 2.28. The van der Waals surface area contributed by atoms with Crippen molar-refractivity contribution in [3.63, 3.8) is 0 Å². The van der Waals surface area contributed by atoms with Gasteiger partial charge < -0.3 is 4.74 Å². The first-order valence-electron chi connectivity index (χ1n) is 4.57. The van der Waals surface area contributed by atoms with E-state index >= 15 is 0 Å². The molecule has 0 aliphatic carbocycles. The second kappa shape index (κ2) is 5.55. The lowest BCUT2D eigenvalue weighted by atomic mass is 10.2. The molecule has 0 fully saturated rings. The molecule has 4 nitrogen and oxygen atoms in total. The van der Waals surface area contributed by atoms with Gasteiger partial charge >= 0.3 is 5.97 Å². The fourth-order valence-electron chi connectivity index (χ4n) is 1.10. The number of hydrogen-bond acceptors (Lipinski definition) is 4. The van der Waals surface area contributed by atoms with Crippen molar-refractivity contribution in [2.75, 3.05) is 6.61 Å². The molecular formula is C10H7ClF2N2O2. The van der Waals surface area contributed by atoms with Gasteiger partial charge in [0.05, 0.1) is 11.6 Å². The molecule has 0 N–H and O–H groups in total. The van der Waals surface area contributed by atoms with Crippen LogP contribution in [0.1, 0.15) is 35.1 Å². The predicted octanol–water partition coefficient (Wildman–Crippen LogP) is 2.72. The zero-order chi connectivity index (χ0) is 13.0. The number of aromatic nitrogens is 1. The van der Waals surface area contributed by atoms with Gasteiger partial charge in [-0.1, -0.05) is 11.6 Å². The Morgan fingerprint density at radius 3 is 2.82 bits per heavy atom. The summed E-state index contributed by atoms with van der Waals surface area (Å²) in [6.07, 6.45) is -2.88. The summed E-state index contributed by atoms with van der Waals surface area (Å²) in [6, 6.07) is 2.48. The lowest BCUT2D eigenvalue weighted by molar-refractivity contribution is 0.0517. The van der Waals surface area contributed by atoms with Crippen molar-refractivity contribution in [1.29, 1.82) is 5.26 Å². The Balaban J connectivity index is 3.35. The van der Waals surface area contributed by atoms with Crippen molar-refractivity contribution < 1.29 is 18.3 Å². The maximum absolute atomic E-state index is 12.5. The van der Waals surface area contributed by atoms with Crippen LogP contribution >= 0.6 is 11.6 Å². The first-order valence-corrected chi connectivity index (χ1v) is 4.94. The Hall–Kier alpha value is -1.74. The minimum atomic E-state index is -2.88. The maximum Gasteiger partial charge on any atom is 0.358 e. The summed E-state index contributed by atoms with van der Waals surface area (Å²) in [6.45, 7) is 1.59. The smallest absolute Gasteiger partial charge is 0.358 e. The Labute approximate surface area is 101 Å². The first kappa shape index (κ1) is 13.3. The first-order chi connectivity index (χ1) is 8.01. The van der Waals surface area contributed by atoms with E-state index in [0.29, 0.717) is 0 Å². The number of ether oxygens (including phenoxy) is 1. The van der Waals surface area contributed by atoms with E-state index in [1.165, 1.54) is 0 Å². The van der Waals surface area contributed by atoms with Crippen LogP contribution < -0.4 is 0 Å². The van der Waals surface area contributed by atoms with Gasteiger partial charge in [-0.25, -0.2) is 18.6 Å². The van der Waals surface area contributed by atoms with Gasteiger partial charge in [-0.15, -0.1) is 0 Å². The van der Waals surface area contributed by atoms with Gasteiger partial charge in [-0.2, -0.15) is 5.26 Å². The molecule has 7 heteroatoms. The Morgan fingerprint density at radius 2 is 2.35 bits per heavy atom. The normalized spacial score (nSPS) is 10.1. The topological polar surface area (TPSA) is 63.0 Å². The molecule has 1 rings (SSSR count). The SMILES string of the molecule is CCOC(=O)c1nc(C(F)F)cc(Cl)c1C#N. The molecule has 0 atom stereocenters. The third kappa shape index (κ3) is 2.88. The number of carbonyl (C=O) groups is 1. The van der Waals surface area contributed by atoms with Gasteiger partial charge in [-0.05, 0) is 13.0 Å². The van der Waals surface area contributed by atoms with E-state index in [-0.39, 0.29) is 17.2 Å². The van der Waals surface area contributed by atoms with Gasteiger partial charge in [0.2, 0.25) is 0 Å². The molecule has 0 aliphatic rings. The molecule has 0 bridgehead atoms. The molecule has 90 valence electrons. The highest BCUT2D eigenvalue weighted by Gasteiger charge is 2.22. The monoisotopic (exact) mass is 260 g/mol. The highest BCUT2D eigenvalue weighted by Crippen LogP contribution is 2.25. The number of halogens is 3. The van der Waals surface area contributed by atoms with E-state index in [0.717, 1.165) is 6.07 Å². The van der Waals surface area contributed by atoms with Gasteiger partial charge in [-0.3, -0.25) is 0 Å². The van der Waals surface area contributed by atoms with E-state index < -0.39 is 23.8 Å². The molecule has 0 radical (unpaired) electrons. The number of carbonyl (C=O) groups excluding carboxylic acids is 1. The van der Waals surface area contributed by atoms with Gasteiger partial charge in [0.1, 0.15) is 17.3 Å². The fourth-order valence-corrected chi connectivity index (χ4v) is 1.34. The number of hydrogen-bond donors (Lipinski definition) is 0. The Bertz CT molecular complexity index is 486. The number of alkyl halides is 2. The molecule has 1 aromatic heterocycles. The third-order valence-corrected chi connectivity index (χ3v) is 2.09. The molecule has 0 saturated heterocycles. The Morgan fingerprint density at radius 1 is 1.71 bits per heavy atom. The molecular weight excluding hydrogens is 254 g/mol. The molecule has 0 spiro atoms. The number of nitrogens with zero attached hydrogens (tertiary/aromatic N) is 2. The van der Waals surface area contributed by atoms with Crippen molar-refractivity contribution in [3.8, 4) is 6.07 Å². The van der Waals surface area contributed by atoms with Crippen molar-refractivity contribution >= 4 is 17.6 Å². The molecule has 1 heterocycles. The molecule has 1 aromatic rings. The van der Waals surface area contributed by atoms with Crippen molar-refractivity contribution in [2.45, 2.75) is 13.3 Å². The molecule has 0 unspecified atom stereocenters.